The molecule has 1 heterocycles. The summed E-state index contributed by atoms with van der Waals surface area (Å²) in [4.78, 5) is 16.3. The predicted molar refractivity (Wildman–Crippen MR) is 61.6 cm³/mol. The third kappa shape index (κ3) is 2.69. The molecule has 0 radical (unpaired) electrons. The van der Waals surface area contributed by atoms with Crippen LogP contribution in [0.3, 0.4) is 0 Å². The second-order valence-corrected chi connectivity index (χ2v) is 4.31. The average molecular weight is 213 g/mol. The fourth-order valence-electron chi connectivity index (χ4n) is 2.15. The fraction of sp³-hybridized carbons (Fsp3) is 0.909. The molecule has 0 aromatic rings. The Kier molecular flexibility index (Phi) is 4.54. The zero-order chi connectivity index (χ0) is 11.4. The number of nitrogens with two attached hydrogens (primary N) is 1. The van der Waals surface area contributed by atoms with Gasteiger partial charge < -0.3 is 10.6 Å². The Balaban J connectivity index is 2.80. The number of hydrogen-bond donors (Lipinski definition) is 1. The maximum Gasteiger partial charge on any atom is 0.239 e. The third-order valence-electron chi connectivity index (χ3n) is 3.41. The third-order valence-corrected chi connectivity index (χ3v) is 3.41. The van der Waals surface area contributed by atoms with E-state index in [1.807, 2.05) is 11.9 Å². The van der Waals surface area contributed by atoms with E-state index in [1.54, 1.807) is 0 Å². The van der Waals surface area contributed by atoms with Gasteiger partial charge >= 0.3 is 0 Å². The van der Waals surface area contributed by atoms with Crippen molar-refractivity contribution in [2.24, 2.45) is 5.73 Å². The molecule has 15 heavy (non-hydrogen) atoms. The Morgan fingerprint density at radius 1 is 1.53 bits per heavy atom. The standard InChI is InChI=1S/C11H23N3O/c1-4-14-8-6-9(2)13(3)11(15)10(14)5-7-12/h9-10H,4-8,12H2,1-3H3. The van der Waals surface area contributed by atoms with Crippen LogP contribution in [0.5, 0.6) is 0 Å². The molecule has 0 aromatic carbocycles. The lowest BCUT2D eigenvalue weighted by molar-refractivity contribution is -0.135. The Morgan fingerprint density at radius 2 is 2.20 bits per heavy atom. The van der Waals surface area contributed by atoms with Gasteiger partial charge in [-0.15, -0.1) is 0 Å². The Bertz CT molecular complexity index is 220. The van der Waals surface area contributed by atoms with Crippen LogP contribution in [0.4, 0.5) is 0 Å². The van der Waals surface area contributed by atoms with Crippen molar-refractivity contribution in [3.63, 3.8) is 0 Å². The number of carbonyl (C=O) groups is 1. The van der Waals surface area contributed by atoms with Crippen molar-refractivity contribution in [2.45, 2.75) is 38.8 Å². The van der Waals surface area contributed by atoms with Gasteiger partial charge in [0, 0.05) is 19.6 Å². The van der Waals surface area contributed by atoms with Gasteiger partial charge in [0.15, 0.2) is 0 Å². The molecule has 88 valence electrons. The predicted octanol–water partition coefficient (Wildman–Crippen LogP) is 0.276. The summed E-state index contributed by atoms with van der Waals surface area (Å²) in [6, 6.07) is 0.337. The van der Waals surface area contributed by atoms with Crippen LogP contribution in [-0.2, 0) is 4.79 Å². The van der Waals surface area contributed by atoms with E-state index in [4.69, 9.17) is 5.73 Å². The Morgan fingerprint density at radius 3 is 2.73 bits per heavy atom. The number of nitrogens with zero attached hydrogens (tertiary/aromatic N) is 2. The minimum absolute atomic E-state index is 0.00468. The second kappa shape index (κ2) is 5.47. The molecule has 1 aliphatic rings. The molecule has 2 atom stereocenters. The van der Waals surface area contributed by atoms with E-state index in [0.29, 0.717) is 12.6 Å². The first-order chi connectivity index (χ1) is 7.11. The van der Waals surface area contributed by atoms with E-state index >= 15 is 0 Å². The normalized spacial score (nSPS) is 29.3. The van der Waals surface area contributed by atoms with Crippen LogP contribution in [-0.4, -0.2) is 54.5 Å². The molecule has 4 heteroatoms. The highest BCUT2D eigenvalue weighted by atomic mass is 16.2. The summed E-state index contributed by atoms with van der Waals surface area (Å²) in [5.74, 6) is 0.229. The van der Waals surface area contributed by atoms with Crippen molar-refractivity contribution in [1.29, 1.82) is 0 Å². The van der Waals surface area contributed by atoms with Crippen molar-refractivity contribution in [2.75, 3.05) is 26.7 Å². The van der Waals surface area contributed by atoms with E-state index in [-0.39, 0.29) is 11.9 Å². The fourth-order valence-corrected chi connectivity index (χ4v) is 2.15. The Labute approximate surface area is 92.4 Å². The molecular formula is C11H23N3O. The molecule has 2 N–H and O–H groups in total. The molecule has 1 rings (SSSR count). The summed E-state index contributed by atoms with van der Waals surface area (Å²) in [6.07, 6.45) is 1.82. The van der Waals surface area contributed by atoms with Gasteiger partial charge in [-0.05, 0) is 32.9 Å². The minimum Gasteiger partial charge on any atom is -0.342 e. The molecule has 0 spiro atoms. The van der Waals surface area contributed by atoms with Crippen molar-refractivity contribution in [1.82, 2.24) is 9.80 Å². The first-order valence-electron chi connectivity index (χ1n) is 5.82. The van der Waals surface area contributed by atoms with Gasteiger partial charge in [0.2, 0.25) is 5.91 Å². The zero-order valence-electron chi connectivity index (χ0n) is 10.1. The van der Waals surface area contributed by atoms with Gasteiger partial charge in [-0.3, -0.25) is 9.69 Å². The van der Waals surface area contributed by atoms with Crippen molar-refractivity contribution < 1.29 is 4.79 Å². The highest BCUT2D eigenvalue weighted by molar-refractivity contribution is 5.82. The summed E-state index contributed by atoms with van der Waals surface area (Å²) in [5.41, 5.74) is 5.57. The van der Waals surface area contributed by atoms with Gasteiger partial charge in [0.05, 0.1) is 6.04 Å². The lowest BCUT2D eigenvalue weighted by Gasteiger charge is -2.28. The maximum absolute atomic E-state index is 12.1. The lowest BCUT2D eigenvalue weighted by atomic mass is 10.1. The highest BCUT2D eigenvalue weighted by Gasteiger charge is 2.32. The molecule has 0 aromatic heterocycles. The summed E-state index contributed by atoms with van der Waals surface area (Å²) in [7, 11) is 1.90. The molecular weight excluding hydrogens is 190 g/mol. The van der Waals surface area contributed by atoms with Gasteiger partial charge in [0.25, 0.3) is 0 Å². The van der Waals surface area contributed by atoms with E-state index in [2.05, 4.69) is 18.7 Å². The van der Waals surface area contributed by atoms with Gasteiger partial charge in [-0.25, -0.2) is 0 Å². The lowest BCUT2D eigenvalue weighted by Crippen LogP contribution is -2.46. The van der Waals surface area contributed by atoms with Crippen molar-refractivity contribution in [3.05, 3.63) is 0 Å². The molecule has 1 aliphatic heterocycles. The van der Waals surface area contributed by atoms with Crippen LogP contribution < -0.4 is 5.73 Å². The molecule has 1 saturated heterocycles. The van der Waals surface area contributed by atoms with Gasteiger partial charge in [0.1, 0.15) is 0 Å². The van der Waals surface area contributed by atoms with Crippen LogP contribution >= 0.6 is 0 Å². The smallest absolute Gasteiger partial charge is 0.239 e. The average Bonchev–Trinajstić information content (AvgIpc) is 2.33. The number of hydrogen-bond acceptors (Lipinski definition) is 3. The molecule has 4 nitrogen and oxygen atoms in total. The van der Waals surface area contributed by atoms with E-state index in [0.717, 1.165) is 25.9 Å². The first kappa shape index (κ1) is 12.5. The minimum atomic E-state index is -0.00468. The number of amides is 1. The molecule has 0 bridgehead atoms. The topological polar surface area (TPSA) is 49.6 Å². The van der Waals surface area contributed by atoms with Crippen molar-refractivity contribution in [3.8, 4) is 0 Å². The molecule has 1 fully saturated rings. The highest BCUT2D eigenvalue weighted by Crippen LogP contribution is 2.16. The van der Waals surface area contributed by atoms with Crippen LogP contribution in [0.2, 0.25) is 0 Å². The first-order valence-corrected chi connectivity index (χ1v) is 5.82. The van der Waals surface area contributed by atoms with Gasteiger partial charge in [-0.1, -0.05) is 6.92 Å². The number of rotatable bonds is 3. The van der Waals surface area contributed by atoms with Crippen LogP contribution in [0, 0.1) is 0 Å². The largest absolute Gasteiger partial charge is 0.342 e. The number of carbonyl (C=O) groups excluding carboxylic acids is 1. The molecule has 0 saturated carbocycles. The van der Waals surface area contributed by atoms with Crippen LogP contribution in [0.1, 0.15) is 26.7 Å². The monoisotopic (exact) mass is 213 g/mol. The van der Waals surface area contributed by atoms with Crippen molar-refractivity contribution >= 4 is 5.91 Å². The Hall–Kier alpha value is -0.610. The van der Waals surface area contributed by atoms with E-state index < -0.39 is 0 Å². The zero-order valence-corrected chi connectivity index (χ0v) is 10.1. The SMILES string of the molecule is CCN1CCC(C)N(C)C(=O)C1CCN. The summed E-state index contributed by atoms with van der Waals surface area (Å²) < 4.78 is 0. The summed E-state index contributed by atoms with van der Waals surface area (Å²) in [6.45, 7) is 6.72. The quantitative estimate of drug-likeness (QED) is 0.732. The second-order valence-electron chi connectivity index (χ2n) is 4.31. The van der Waals surface area contributed by atoms with E-state index in [9.17, 15) is 4.79 Å². The van der Waals surface area contributed by atoms with Crippen LogP contribution in [0.25, 0.3) is 0 Å². The van der Waals surface area contributed by atoms with Crippen LogP contribution in [0.15, 0.2) is 0 Å². The molecule has 0 aliphatic carbocycles. The summed E-state index contributed by atoms with van der Waals surface area (Å²) >= 11 is 0. The number of likely N-dealkylation sites (N-methyl/N-ethyl adjacent to an activating group) is 2. The van der Waals surface area contributed by atoms with Gasteiger partial charge in [-0.2, -0.15) is 0 Å². The molecule has 1 amide bonds. The molecule has 2 unspecified atom stereocenters. The maximum atomic E-state index is 12.1. The van der Waals surface area contributed by atoms with E-state index in [1.165, 1.54) is 0 Å². The summed E-state index contributed by atoms with van der Waals surface area (Å²) in [5, 5.41) is 0.